The van der Waals surface area contributed by atoms with Gasteiger partial charge in [0.2, 0.25) is 10.0 Å². The van der Waals surface area contributed by atoms with Crippen molar-refractivity contribution >= 4 is 15.7 Å². The third kappa shape index (κ3) is 3.88. The average molecular weight is 426 g/mol. The molecule has 4 heterocycles. The minimum atomic E-state index is -3.44. The topological polar surface area (TPSA) is 52.7 Å². The number of fused-ring (bicyclic) bond motifs is 4. The van der Waals surface area contributed by atoms with Crippen LogP contribution in [0.4, 0.5) is 5.69 Å². The number of sulfonamides is 1. The molecule has 1 N–H and O–H groups in total. The lowest BCUT2D eigenvalue weighted by Gasteiger charge is -2.50. The van der Waals surface area contributed by atoms with Crippen molar-refractivity contribution in [1.82, 2.24) is 9.62 Å². The number of benzene rings is 2. The van der Waals surface area contributed by atoms with E-state index >= 15 is 0 Å². The van der Waals surface area contributed by atoms with Gasteiger partial charge in [-0.2, -0.15) is 0 Å². The van der Waals surface area contributed by atoms with E-state index in [1.807, 2.05) is 19.1 Å². The Bertz CT molecular complexity index is 1010. The zero-order valence-corrected chi connectivity index (χ0v) is 18.4. The van der Waals surface area contributed by atoms with Crippen LogP contribution in [0.5, 0.6) is 0 Å². The van der Waals surface area contributed by atoms with E-state index in [1.165, 1.54) is 17.7 Å². The van der Waals surface area contributed by atoms with Crippen molar-refractivity contribution in [1.29, 1.82) is 0 Å². The summed E-state index contributed by atoms with van der Waals surface area (Å²) >= 11 is 0. The van der Waals surface area contributed by atoms with Gasteiger partial charge in [-0.25, -0.2) is 13.1 Å². The van der Waals surface area contributed by atoms with Gasteiger partial charge < -0.3 is 4.90 Å². The lowest BCUT2D eigenvalue weighted by Crippen LogP contribution is -2.58. The largest absolute Gasteiger partial charge is 0.371 e. The van der Waals surface area contributed by atoms with E-state index in [1.54, 1.807) is 12.1 Å². The molecule has 160 valence electrons. The van der Waals surface area contributed by atoms with Crippen LogP contribution < -0.4 is 9.62 Å². The highest BCUT2D eigenvalue weighted by atomic mass is 32.2. The predicted octanol–water partition coefficient (Wildman–Crippen LogP) is 3.05. The van der Waals surface area contributed by atoms with E-state index < -0.39 is 10.0 Å². The van der Waals surface area contributed by atoms with Gasteiger partial charge in [0.15, 0.2) is 0 Å². The van der Waals surface area contributed by atoms with Crippen LogP contribution in [-0.4, -0.2) is 52.1 Å². The van der Waals surface area contributed by atoms with E-state index in [4.69, 9.17) is 0 Å². The molecule has 0 amide bonds. The van der Waals surface area contributed by atoms with Gasteiger partial charge in [-0.05, 0) is 68.3 Å². The molecule has 6 heteroatoms. The van der Waals surface area contributed by atoms with Gasteiger partial charge in [0.05, 0.1) is 4.90 Å². The van der Waals surface area contributed by atoms with E-state index in [9.17, 15) is 8.42 Å². The molecule has 3 saturated heterocycles. The normalized spacial score (nSPS) is 28.0. The van der Waals surface area contributed by atoms with Gasteiger partial charge in [-0.15, -0.1) is 0 Å². The predicted molar refractivity (Wildman–Crippen MR) is 120 cm³/mol. The third-order valence-corrected chi connectivity index (χ3v) is 8.73. The summed E-state index contributed by atoms with van der Waals surface area (Å²) in [6.45, 7) is 6.90. The summed E-state index contributed by atoms with van der Waals surface area (Å²) in [6, 6.07) is 16.2. The zero-order chi connectivity index (χ0) is 20.7. The second-order valence-corrected chi connectivity index (χ2v) is 10.9. The molecule has 0 spiro atoms. The van der Waals surface area contributed by atoms with Crippen LogP contribution in [0.3, 0.4) is 0 Å². The Labute approximate surface area is 180 Å². The maximum Gasteiger partial charge on any atom is 0.240 e. The Morgan fingerprint density at radius 3 is 2.63 bits per heavy atom. The number of hydrogen-bond acceptors (Lipinski definition) is 4. The van der Waals surface area contributed by atoms with Gasteiger partial charge in [0, 0.05) is 37.9 Å². The SMILES string of the molecule is Cc1ccc(S(=O)(=O)NCC2CC3CCN2CC3CN2CCc3ccccc32)cc1. The number of nitrogens with one attached hydrogen (secondary N) is 1. The van der Waals surface area contributed by atoms with Crippen LogP contribution in [-0.2, 0) is 16.4 Å². The number of nitrogens with zero attached hydrogens (tertiary/aromatic N) is 2. The van der Waals surface area contributed by atoms with Crippen LogP contribution >= 0.6 is 0 Å². The van der Waals surface area contributed by atoms with Crippen molar-refractivity contribution in [2.75, 3.05) is 37.6 Å². The molecular weight excluding hydrogens is 394 g/mol. The first-order valence-electron chi connectivity index (χ1n) is 11.1. The van der Waals surface area contributed by atoms with Crippen molar-refractivity contribution < 1.29 is 8.42 Å². The average Bonchev–Trinajstić information content (AvgIpc) is 3.16. The van der Waals surface area contributed by atoms with Gasteiger partial charge in [-0.3, -0.25) is 4.90 Å². The molecule has 4 atom stereocenters. The highest BCUT2D eigenvalue weighted by Crippen LogP contribution is 2.38. The second-order valence-electron chi connectivity index (χ2n) is 9.18. The lowest BCUT2D eigenvalue weighted by molar-refractivity contribution is 0.00670. The zero-order valence-electron chi connectivity index (χ0n) is 17.6. The van der Waals surface area contributed by atoms with Crippen LogP contribution in [0.1, 0.15) is 24.0 Å². The summed E-state index contributed by atoms with van der Waals surface area (Å²) in [7, 11) is -3.44. The molecule has 4 unspecified atom stereocenters. The molecule has 30 heavy (non-hydrogen) atoms. The van der Waals surface area contributed by atoms with Gasteiger partial charge >= 0.3 is 0 Å². The van der Waals surface area contributed by atoms with Gasteiger partial charge in [0.25, 0.3) is 0 Å². The second kappa shape index (κ2) is 7.98. The van der Waals surface area contributed by atoms with Crippen LogP contribution in [0.2, 0.25) is 0 Å². The lowest BCUT2D eigenvalue weighted by atomic mass is 9.75. The Balaban J connectivity index is 1.19. The van der Waals surface area contributed by atoms with Crippen molar-refractivity contribution in [2.24, 2.45) is 11.8 Å². The highest BCUT2D eigenvalue weighted by Gasteiger charge is 2.41. The fourth-order valence-electron chi connectivity index (χ4n) is 5.55. The first-order valence-corrected chi connectivity index (χ1v) is 12.6. The van der Waals surface area contributed by atoms with E-state index in [-0.39, 0.29) is 0 Å². The molecule has 6 rings (SSSR count). The summed E-state index contributed by atoms with van der Waals surface area (Å²) in [5, 5.41) is 0. The number of aryl methyl sites for hydroxylation is 1. The molecule has 0 aliphatic carbocycles. The number of piperidine rings is 3. The maximum absolute atomic E-state index is 12.7. The quantitative estimate of drug-likeness (QED) is 0.773. The summed E-state index contributed by atoms with van der Waals surface area (Å²) in [6.07, 6.45) is 3.48. The number of rotatable bonds is 6. The molecule has 5 nitrogen and oxygen atoms in total. The monoisotopic (exact) mass is 425 g/mol. The number of anilines is 1. The highest BCUT2D eigenvalue weighted by molar-refractivity contribution is 7.89. The van der Waals surface area contributed by atoms with E-state index in [0.29, 0.717) is 29.3 Å². The number of hydrogen-bond donors (Lipinski definition) is 1. The molecule has 4 aliphatic rings. The Hall–Kier alpha value is -1.89. The van der Waals surface area contributed by atoms with Crippen molar-refractivity contribution in [3.05, 3.63) is 59.7 Å². The Morgan fingerprint density at radius 2 is 1.87 bits per heavy atom. The summed E-state index contributed by atoms with van der Waals surface area (Å²) in [4.78, 5) is 5.44. The summed E-state index contributed by atoms with van der Waals surface area (Å²) in [5.74, 6) is 1.37. The van der Waals surface area contributed by atoms with Gasteiger partial charge in [0.1, 0.15) is 0 Å². The smallest absolute Gasteiger partial charge is 0.240 e. The number of para-hydroxylation sites is 1. The molecule has 4 aliphatic heterocycles. The van der Waals surface area contributed by atoms with Gasteiger partial charge in [-0.1, -0.05) is 35.9 Å². The molecule has 0 radical (unpaired) electrons. The maximum atomic E-state index is 12.7. The summed E-state index contributed by atoms with van der Waals surface area (Å²) in [5.41, 5.74) is 3.95. The standard InChI is InChI=1S/C24H31N3O2S/c1-18-6-8-23(9-7-18)30(28,29)25-15-22-14-20-11-12-26(22)16-21(20)17-27-13-10-19-4-2-3-5-24(19)27/h2-9,20-22,25H,10-17H2,1H3. The molecule has 2 aromatic rings. The van der Waals surface area contributed by atoms with E-state index in [2.05, 4.69) is 38.8 Å². The fraction of sp³-hybridized carbons (Fsp3) is 0.500. The van der Waals surface area contributed by atoms with Crippen molar-refractivity contribution in [3.63, 3.8) is 0 Å². The molecule has 0 saturated carbocycles. The minimum absolute atomic E-state index is 0.311. The molecule has 2 aromatic carbocycles. The molecule has 3 fully saturated rings. The molecule has 2 bridgehead atoms. The Morgan fingerprint density at radius 1 is 1.07 bits per heavy atom. The van der Waals surface area contributed by atoms with Crippen molar-refractivity contribution in [3.8, 4) is 0 Å². The first kappa shape index (κ1) is 20.0. The first-order chi connectivity index (χ1) is 14.5. The molecular formula is C24H31N3O2S. The minimum Gasteiger partial charge on any atom is -0.371 e. The Kier molecular flexibility index (Phi) is 5.33. The van der Waals surface area contributed by atoms with Crippen LogP contribution in [0.25, 0.3) is 0 Å². The van der Waals surface area contributed by atoms with Crippen LogP contribution in [0, 0.1) is 18.8 Å². The third-order valence-electron chi connectivity index (χ3n) is 7.29. The summed E-state index contributed by atoms with van der Waals surface area (Å²) < 4.78 is 28.2. The molecule has 0 aromatic heterocycles. The van der Waals surface area contributed by atoms with E-state index in [0.717, 1.165) is 44.6 Å². The van der Waals surface area contributed by atoms with Crippen LogP contribution in [0.15, 0.2) is 53.4 Å². The fourth-order valence-corrected chi connectivity index (χ4v) is 6.63. The van der Waals surface area contributed by atoms with Crippen molar-refractivity contribution in [2.45, 2.75) is 37.1 Å².